The zero-order valence-corrected chi connectivity index (χ0v) is 13.4. The molecule has 7 heteroatoms. The van der Waals surface area contributed by atoms with E-state index in [-0.39, 0.29) is 11.9 Å². The average Bonchev–Trinajstić information content (AvgIpc) is 2.51. The Hall–Kier alpha value is -1.66. The summed E-state index contributed by atoms with van der Waals surface area (Å²) in [7, 11) is 0. The third kappa shape index (κ3) is 2.68. The number of fused-ring (bicyclic) bond motifs is 1. The molecule has 0 amide bonds. The van der Waals surface area contributed by atoms with Crippen molar-refractivity contribution in [3.8, 4) is 0 Å². The topological polar surface area (TPSA) is 43.2 Å². The molecule has 2 aliphatic heterocycles. The number of hydrogen-bond donors (Lipinski definition) is 1. The standard InChI is InChI=1S/C15H19ClFN5/c1-3-19-22-10(2)12-8-11(16)9-13(17)14(12)20-15(22)21-6-4-18-5-7-21/h3,8-10,18H,4-7H2,1-2H3/b19-3-. The number of hydrazone groups is 1. The molecular weight excluding hydrogens is 305 g/mol. The van der Waals surface area contributed by atoms with Crippen LogP contribution in [-0.2, 0) is 0 Å². The second-order valence-corrected chi connectivity index (χ2v) is 5.80. The van der Waals surface area contributed by atoms with E-state index < -0.39 is 0 Å². The summed E-state index contributed by atoms with van der Waals surface area (Å²) in [6.45, 7) is 7.26. The lowest BCUT2D eigenvalue weighted by Gasteiger charge is -2.39. The minimum atomic E-state index is -0.387. The SMILES string of the molecule is C/C=N\N1C(N2CCNCC2)=Nc2c(F)cc(Cl)cc2C1C. The lowest BCUT2D eigenvalue weighted by molar-refractivity contribution is 0.258. The van der Waals surface area contributed by atoms with Crippen molar-refractivity contribution >= 4 is 29.5 Å². The van der Waals surface area contributed by atoms with Crippen molar-refractivity contribution in [2.45, 2.75) is 19.9 Å². The van der Waals surface area contributed by atoms with Gasteiger partial charge in [0.25, 0.3) is 0 Å². The van der Waals surface area contributed by atoms with Crippen LogP contribution in [0.2, 0.25) is 5.02 Å². The molecule has 1 aromatic rings. The van der Waals surface area contributed by atoms with Crippen LogP contribution in [0.5, 0.6) is 0 Å². The fourth-order valence-electron chi connectivity index (χ4n) is 2.83. The first-order valence-electron chi connectivity index (χ1n) is 7.43. The van der Waals surface area contributed by atoms with Gasteiger partial charge in [-0.2, -0.15) is 5.10 Å². The molecule has 1 fully saturated rings. The van der Waals surface area contributed by atoms with E-state index in [0.717, 1.165) is 31.7 Å². The summed E-state index contributed by atoms with van der Waals surface area (Å²) in [4.78, 5) is 6.69. The Morgan fingerprint density at radius 3 is 2.82 bits per heavy atom. The minimum Gasteiger partial charge on any atom is -0.338 e. The van der Waals surface area contributed by atoms with Crippen LogP contribution in [0.1, 0.15) is 25.5 Å². The lowest BCUT2D eigenvalue weighted by atomic mass is 10.0. The van der Waals surface area contributed by atoms with Crippen molar-refractivity contribution in [2.75, 3.05) is 26.2 Å². The maximum Gasteiger partial charge on any atom is 0.223 e. The first kappa shape index (κ1) is 15.2. The number of halogens is 2. The van der Waals surface area contributed by atoms with Crippen LogP contribution in [-0.4, -0.2) is 48.3 Å². The molecular formula is C15H19ClFN5. The summed E-state index contributed by atoms with van der Waals surface area (Å²) >= 11 is 5.99. The molecule has 1 atom stereocenters. The lowest BCUT2D eigenvalue weighted by Crippen LogP contribution is -2.52. The highest BCUT2D eigenvalue weighted by molar-refractivity contribution is 6.30. The molecule has 3 rings (SSSR count). The van der Waals surface area contributed by atoms with Crippen molar-refractivity contribution in [2.24, 2.45) is 10.1 Å². The summed E-state index contributed by atoms with van der Waals surface area (Å²) in [5.41, 5.74) is 1.13. The van der Waals surface area contributed by atoms with Gasteiger partial charge in [-0.05, 0) is 26.0 Å². The van der Waals surface area contributed by atoms with Crippen LogP contribution < -0.4 is 5.32 Å². The van der Waals surface area contributed by atoms with Crippen molar-refractivity contribution in [3.63, 3.8) is 0 Å². The Kier molecular flexibility index (Phi) is 4.31. The predicted molar refractivity (Wildman–Crippen MR) is 87.4 cm³/mol. The van der Waals surface area contributed by atoms with Crippen molar-refractivity contribution in [3.05, 3.63) is 28.5 Å². The first-order chi connectivity index (χ1) is 10.6. The van der Waals surface area contributed by atoms with Crippen LogP contribution in [0, 0.1) is 5.82 Å². The van der Waals surface area contributed by atoms with Gasteiger partial charge in [0, 0.05) is 43.0 Å². The Morgan fingerprint density at radius 2 is 2.14 bits per heavy atom. The van der Waals surface area contributed by atoms with E-state index in [1.54, 1.807) is 12.3 Å². The molecule has 0 saturated carbocycles. The van der Waals surface area contributed by atoms with E-state index in [0.29, 0.717) is 16.7 Å². The van der Waals surface area contributed by atoms with Crippen molar-refractivity contribution < 1.29 is 4.39 Å². The maximum atomic E-state index is 14.3. The van der Waals surface area contributed by atoms with E-state index in [4.69, 9.17) is 11.6 Å². The van der Waals surface area contributed by atoms with Crippen molar-refractivity contribution in [1.82, 2.24) is 15.2 Å². The molecule has 0 aromatic heterocycles. The van der Waals surface area contributed by atoms with Gasteiger partial charge in [0.05, 0.1) is 6.04 Å². The molecule has 2 aliphatic rings. The molecule has 0 spiro atoms. The zero-order valence-electron chi connectivity index (χ0n) is 12.7. The maximum absolute atomic E-state index is 14.3. The summed E-state index contributed by atoms with van der Waals surface area (Å²) in [5, 5.41) is 9.95. The minimum absolute atomic E-state index is 0.123. The molecule has 0 aliphatic carbocycles. The van der Waals surface area contributed by atoms with Gasteiger partial charge in [0.15, 0.2) is 5.82 Å². The number of benzene rings is 1. The second kappa shape index (κ2) is 6.22. The van der Waals surface area contributed by atoms with Gasteiger partial charge >= 0.3 is 0 Å². The quantitative estimate of drug-likeness (QED) is 0.808. The van der Waals surface area contributed by atoms with Crippen LogP contribution in [0.4, 0.5) is 10.1 Å². The molecule has 1 unspecified atom stereocenters. The highest BCUT2D eigenvalue weighted by atomic mass is 35.5. The van der Waals surface area contributed by atoms with E-state index in [1.165, 1.54) is 6.07 Å². The summed E-state index contributed by atoms with van der Waals surface area (Å²) in [6, 6.07) is 2.95. The van der Waals surface area contributed by atoms with Gasteiger partial charge < -0.3 is 10.2 Å². The highest BCUT2D eigenvalue weighted by Crippen LogP contribution is 2.39. The Bertz CT molecular complexity index is 625. The Labute approximate surface area is 134 Å². The fourth-order valence-corrected chi connectivity index (χ4v) is 3.05. The highest BCUT2D eigenvalue weighted by Gasteiger charge is 2.32. The zero-order chi connectivity index (χ0) is 15.7. The largest absolute Gasteiger partial charge is 0.338 e. The molecule has 0 bridgehead atoms. The number of guanidine groups is 1. The summed E-state index contributed by atoms with van der Waals surface area (Å²) in [5.74, 6) is 0.308. The van der Waals surface area contributed by atoms with Gasteiger partial charge in [0.1, 0.15) is 5.69 Å². The van der Waals surface area contributed by atoms with Crippen LogP contribution in [0.25, 0.3) is 0 Å². The molecule has 2 heterocycles. The summed E-state index contributed by atoms with van der Waals surface area (Å²) in [6.07, 6.45) is 1.72. The van der Waals surface area contributed by atoms with Crippen LogP contribution in [0.15, 0.2) is 22.2 Å². The normalized spacial score (nSPS) is 22.0. The fraction of sp³-hybridized carbons (Fsp3) is 0.467. The monoisotopic (exact) mass is 323 g/mol. The average molecular weight is 324 g/mol. The van der Waals surface area contributed by atoms with E-state index in [9.17, 15) is 4.39 Å². The van der Waals surface area contributed by atoms with Gasteiger partial charge in [-0.3, -0.25) is 0 Å². The number of hydrogen-bond acceptors (Lipinski definition) is 5. The Balaban J connectivity index is 2.09. The van der Waals surface area contributed by atoms with E-state index in [2.05, 4.69) is 20.3 Å². The molecule has 1 N–H and O–H groups in total. The van der Waals surface area contributed by atoms with Crippen LogP contribution in [0.3, 0.4) is 0 Å². The van der Waals surface area contributed by atoms with Gasteiger partial charge in [-0.1, -0.05) is 11.6 Å². The van der Waals surface area contributed by atoms with Crippen LogP contribution >= 0.6 is 11.6 Å². The first-order valence-corrected chi connectivity index (χ1v) is 7.80. The molecule has 0 radical (unpaired) electrons. The van der Waals surface area contributed by atoms with Crippen molar-refractivity contribution in [1.29, 1.82) is 0 Å². The Morgan fingerprint density at radius 1 is 1.41 bits per heavy atom. The van der Waals surface area contributed by atoms with Gasteiger partial charge in [-0.25, -0.2) is 14.4 Å². The smallest absolute Gasteiger partial charge is 0.223 e. The molecule has 5 nitrogen and oxygen atoms in total. The summed E-state index contributed by atoms with van der Waals surface area (Å²) < 4.78 is 14.3. The predicted octanol–water partition coefficient (Wildman–Crippen LogP) is 2.75. The molecule has 1 saturated heterocycles. The van der Waals surface area contributed by atoms with Gasteiger partial charge in [-0.15, -0.1) is 0 Å². The van der Waals surface area contributed by atoms with E-state index >= 15 is 0 Å². The third-order valence-electron chi connectivity index (χ3n) is 3.93. The van der Waals surface area contributed by atoms with Gasteiger partial charge in [0.2, 0.25) is 5.96 Å². The van der Waals surface area contributed by atoms with E-state index in [1.807, 2.05) is 18.9 Å². The molecule has 1 aromatic carbocycles. The number of rotatable bonds is 1. The second-order valence-electron chi connectivity index (χ2n) is 5.37. The molecule has 118 valence electrons. The number of nitrogens with zero attached hydrogens (tertiary/aromatic N) is 4. The molecule has 22 heavy (non-hydrogen) atoms. The number of piperazine rings is 1. The number of aliphatic imine (C=N–C) groups is 1. The number of nitrogens with one attached hydrogen (secondary N) is 1. The third-order valence-corrected chi connectivity index (χ3v) is 4.15.